The van der Waals surface area contributed by atoms with Crippen LogP contribution in [0.25, 0.3) is 0 Å². The summed E-state index contributed by atoms with van der Waals surface area (Å²) >= 11 is 0. The van der Waals surface area contributed by atoms with Crippen LogP contribution in [0.2, 0.25) is 0 Å². The summed E-state index contributed by atoms with van der Waals surface area (Å²) in [4.78, 5) is 12.3. The van der Waals surface area contributed by atoms with E-state index in [0.29, 0.717) is 18.8 Å². The number of halogens is 1. The Hall–Kier alpha value is -1.69. The molecule has 1 unspecified atom stereocenters. The fraction of sp³-hybridized carbons (Fsp3) is 0.760. The lowest BCUT2D eigenvalue weighted by atomic mass is 10.0. The second-order valence-corrected chi connectivity index (χ2v) is 8.31. The lowest BCUT2D eigenvalue weighted by molar-refractivity contribution is -0.115. The number of aliphatic hydroxyl groups is 1. The average Bonchev–Trinajstić information content (AvgIpc) is 2.74. The summed E-state index contributed by atoms with van der Waals surface area (Å²) < 4.78 is 18.6. The van der Waals surface area contributed by atoms with E-state index >= 15 is 0 Å². The summed E-state index contributed by atoms with van der Waals surface area (Å²) in [6, 6.07) is 0. The fourth-order valence-electron chi connectivity index (χ4n) is 3.39. The second-order valence-electron chi connectivity index (χ2n) is 8.31. The van der Waals surface area contributed by atoms with Crippen molar-refractivity contribution in [1.29, 1.82) is 5.41 Å². The Bertz CT molecular complexity index is 545. The smallest absolute Gasteiger partial charge is 0.243 e. The van der Waals surface area contributed by atoms with Gasteiger partial charge in [-0.2, -0.15) is 0 Å². The van der Waals surface area contributed by atoms with Gasteiger partial charge in [-0.15, -0.1) is 0 Å². The standard InChI is InChI=1S/C25H45FN2O3/c1-21(20-27)25(24(30)23(28)19-22(2)26)31-18-16-14-12-10-8-6-4-3-5-7-9-11-13-15-17-29/h19-20,22,27,29H,3-18,28H2,1-2H3/b23-19+,25-21+,27-20?. The highest BCUT2D eigenvalue weighted by Crippen LogP contribution is 2.15. The molecule has 0 aromatic heterocycles. The number of unbranched alkanes of at least 4 members (excludes halogenated alkanes) is 13. The van der Waals surface area contributed by atoms with Gasteiger partial charge in [-0.25, -0.2) is 4.39 Å². The van der Waals surface area contributed by atoms with E-state index in [9.17, 15) is 9.18 Å². The molecule has 0 amide bonds. The van der Waals surface area contributed by atoms with Crippen LogP contribution in [0.1, 0.15) is 104 Å². The van der Waals surface area contributed by atoms with Gasteiger partial charge in [0.2, 0.25) is 5.78 Å². The van der Waals surface area contributed by atoms with Crippen molar-refractivity contribution in [3.63, 3.8) is 0 Å². The molecule has 0 aliphatic carbocycles. The van der Waals surface area contributed by atoms with Crippen LogP contribution in [0.5, 0.6) is 0 Å². The summed E-state index contributed by atoms with van der Waals surface area (Å²) in [7, 11) is 0. The van der Waals surface area contributed by atoms with E-state index in [2.05, 4.69) is 0 Å². The predicted molar refractivity (Wildman–Crippen MR) is 127 cm³/mol. The highest BCUT2D eigenvalue weighted by molar-refractivity contribution is 6.09. The van der Waals surface area contributed by atoms with Crippen LogP contribution in [-0.4, -0.2) is 36.5 Å². The highest BCUT2D eigenvalue weighted by Gasteiger charge is 2.17. The monoisotopic (exact) mass is 440 g/mol. The van der Waals surface area contributed by atoms with Crippen molar-refractivity contribution in [2.24, 2.45) is 5.73 Å². The number of ether oxygens (including phenoxy) is 1. The van der Waals surface area contributed by atoms with Crippen molar-refractivity contribution in [2.45, 2.75) is 110 Å². The molecule has 0 fully saturated rings. The third kappa shape index (κ3) is 16.6. The number of carbonyl (C=O) groups excluding carboxylic acids is 1. The molecular weight excluding hydrogens is 395 g/mol. The Morgan fingerprint density at radius 2 is 1.35 bits per heavy atom. The van der Waals surface area contributed by atoms with E-state index in [-0.39, 0.29) is 11.5 Å². The number of hydrogen-bond acceptors (Lipinski definition) is 5. The normalized spacial score (nSPS) is 13.6. The van der Waals surface area contributed by atoms with Crippen LogP contribution in [-0.2, 0) is 9.53 Å². The van der Waals surface area contributed by atoms with E-state index in [1.165, 1.54) is 64.7 Å². The number of Topliss-reactive ketones (excluding diaryl/α,β-unsaturated/α-hetero) is 1. The van der Waals surface area contributed by atoms with Crippen molar-refractivity contribution >= 4 is 12.0 Å². The molecule has 0 aliphatic heterocycles. The van der Waals surface area contributed by atoms with Crippen LogP contribution >= 0.6 is 0 Å². The molecule has 0 aliphatic rings. The molecule has 4 N–H and O–H groups in total. The van der Waals surface area contributed by atoms with Gasteiger partial charge in [0.25, 0.3) is 0 Å². The largest absolute Gasteiger partial charge is 0.489 e. The van der Waals surface area contributed by atoms with Gasteiger partial charge >= 0.3 is 0 Å². The minimum atomic E-state index is -1.31. The van der Waals surface area contributed by atoms with Crippen LogP contribution < -0.4 is 5.73 Å². The Morgan fingerprint density at radius 3 is 1.74 bits per heavy atom. The maximum atomic E-state index is 13.1. The molecule has 180 valence electrons. The number of ketones is 1. The minimum Gasteiger partial charge on any atom is -0.489 e. The molecule has 0 aromatic carbocycles. The number of nitrogens with two attached hydrogens (primary N) is 1. The van der Waals surface area contributed by atoms with Crippen molar-refractivity contribution < 1.29 is 19.0 Å². The Labute approximate surface area is 188 Å². The zero-order valence-electron chi connectivity index (χ0n) is 19.8. The zero-order valence-corrected chi connectivity index (χ0v) is 19.8. The Kier molecular flexibility index (Phi) is 19.1. The van der Waals surface area contributed by atoms with Crippen molar-refractivity contribution in [1.82, 2.24) is 0 Å². The van der Waals surface area contributed by atoms with Crippen molar-refractivity contribution in [2.75, 3.05) is 13.2 Å². The fourth-order valence-corrected chi connectivity index (χ4v) is 3.39. The van der Waals surface area contributed by atoms with Gasteiger partial charge in [-0.3, -0.25) is 4.79 Å². The summed E-state index contributed by atoms with van der Waals surface area (Å²) in [6.45, 7) is 3.63. The SMILES string of the molecule is C/C(C=N)=C(\OCCCCCCCCCCCCCCCCO)C(=O)/C(N)=C\C(C)F. The molecule has 0 radical (unpaired) electrons. The average molecular weight is 441 g/mol. The van der Waals surface area contributed by atoms with Crippen LogP contribution in [0, 0.1) is 5.41 Å². The van der Waals surface area contributed by atoms with Gasteiger partial charge in [0.1, 0.15) is 6.17 Å². The lowest BCUT2D eigenvalue weighted by Gasteiger charge is -2.12. The predicted octanol–water partition coefficient (Wildman–Crippen LogP) is 6.15. The molecule has 0 rings (SSSR count). The molecule has 5 nitrogen and oxygen atoms in total. The van der Waals surface area contributed by atoms with Crippen LogP contribution in [0.4, 0.5) is 4.39 Å². The molecule has 0 saturated carbocycles. The van der Waals surface area contributed by atoms with E-state index in [4.69, 9.17) is 21.0 Å². The Balaban J connectivity index is 3.79. The quantitative estimate of drug-likeness (QED) is 0.0863. The Morgan fingerprint density at radius 1 is 0.935 bits per heavy atom. The molecule has 0 heterocycles. The highest BCUT2D eigenvalue weighted by atomic mass is 19.1. The number of rotatable bonds is 21. The first-order valence-corrected chi connectivity index (χ1v) is 12.0. The van der Waals surface area contributed by atoms with Crippen molar-refractivity contribution in [3.05, 3.63) is 23.1 Å². The molecular formula is C25H45FN2O3. The van der Waals surface area contributed by atoms with E-state index in [1.54, 1.807) is 6.92 Å². The maximum absolute atomic E-state index is 13.1. The third-order valence-corrected chi connectivity index (χ3v) is 5.25. The molecule has 6 heteroatoms. The first-order valence-electron chi connectivity index (χ1n) is 12.0. The second kappa shape index (κ2) is 20.2. The topological polar surface area (TPSA) is 96.4 Å². The summed E-state index contributed by atoms with van der Waals surface area (Å²) in [5.74, 6) is -0.520. The summed E-state index contributed by atoms with van der Waals surface area (Å²) in [6.07, 6.45) is 17.5. The number of carbonyl (C=O) groups is 1. The van der Waals surface area contributed by atoms with E-state index < -0.39 is 12.0 Å². The lowest BCUT2D eigenvalue weighted by Crippen LogP contribution is -2.19. The summed E-state index contributed by atoms with van der Waals surface area (Å²) in [5.41, 5.74) is 5.85. The number of allylic oxidation sites excluding steroid dienone is 2. The van der Waals surface area contributed by atoms with Crippen molar-refractivity contribution in [3.8, 4) is 0 Å². The number of aliphatic hydroxyl groups excluding tert-OH is 1. The first kappa shape index (κ1) is 29.3. The molecule has 0 saturated heterocycles. The van der Waals surface area contributed by atoms with E-state index in [1.807, 2.05) is 0 Å². The number of alkyl halides is 1. The van der Waals surface area contributed by atoms with Gasteiger partial charge in [-0.05, 0) is 32.8 Å². The van der Waals surface area contributed by atoms with Crippen LogP contribution in [0.3, 0.4) is 0 Å². The van der Waals surface area contributed by atoms with E-state index in [0.717, 1.165) is 44.4 Å². The van der Waals surface area contributed by atoms with Gasteiger partial charge in [0.15, 0.2) is 5.76 Å². The maximum Gasteiger partial charge on any atom is 0.243 e. The number of nitrogens with one attached hydrogen (secondary N) is 1. The summed E-state index contributed by atoms with van der Waals surface area (Å²) in [5, 5.41) is 16.1. The van der Waals surface area contributed by atoms with Gasteiger partial charge in [0, 0.05) is 18.4 Å². The minimum absolute atomic E-state index is 0.0396. The van der Waals surface area contributed by atoms with Gasteiger partial charge in [0.05, 0.1) is 12.3 Å². The molecule has 31 heavy (non-hydrogen) atoms. The molecule has 1 atom stereocenters. The van der Waals surface area contributed by atoms with Crippen LogP contribution in [0.15, 0.2) is 23.1 Å². The number of hydrogen-bond donors (Lipinski definition) is 3. The van der Waals surface area contributed by atoms with Gasteiger partial charge in [-0.1, -0.05) is 77.0 Å². The van der Waals surface area contributed by atoms with Gasteiger partial charge < -0.3 is 21.0 Å². The molecule has 0 spiro atoms. The third-order valence-electron chi connectivity index (χ3n) is 5.25. The zero-order chi connectivity index (χ0) is 23.3. The molecule has 0 bridgehead atoms. The molecule has 0 aromatic rings. The first-order chi connectivity index (χ1) is 14.9.